The molecule has 2 rings (SSSR count). The molecule has 156 valence electrons. The van der Waals surface area contributed by atoms with Crippen molar-refractivity contribution in [3.8, 4) is 11.5 Å². The lowest BCUT2D eigenvalue weighted by atomic mass is 10.1. The quantitative estimate of drug-likeness (QED) is 0.667. The van der Waals surface area contributed by atoms with E-state index in [1.165, 1.54) is 0 Å². The number of hydrogen-bond donors (Lipinski definition) is 1. The number of benzene rings is 2. The van der Waals surface area contributed by atoms with Crippen molar-refractivity contribution < 1.29 is 19.1 Å². The van der Waals surface area contributed by atoms with Crippen molar-refractivity contribution in [2.24, 2.45) is 0 Å². The molecule has 6 nitrogen and oxygen atoms in total. The van der Waals surface area contributed by atoms with Gasteiger partial charge in [0.1, 0.15) is 6.04 Å². The second kappa shape index (κ2) is 11.1. The summed E-state index contributed by atoms with van der Waals surface area (Å²) in [5.41, 5.74) is 2.03. The first kappa shape index (κ1) is 22.3. The van der Waals surface area contributed by atoms with Crippen molar-refractivity contribution in [3.63, 3.8) is 0 Å². The summed E-state index contributed by atoms with van der Waals surface area (Å²) in [6.07, 6.45) is 1.01. The molecule has 0 radical (unpaired) electrons. The van der Waals surface area contributed by atoms with E-state index < -0.39 is 6.04 Å². The van der Waals surface area contributed by atoms with Gasteiger partial charge in [-0.05, 0) is 36.6 Å². The van der Waals surface area contributed by atoms with E-state index in [1.54, 1.807) is 26.0 Å². The van der Waals surface area contributed by atoms with Crippen molar-refractivity contribution >= 4 is 11.8 Å². The zero-order valence-electron chi connectivity index (χ0n) is 17.6. The monoisotopic (exact) mass is 398 g/mol. The van der Waals surface area contributed by atoms with Gasteiger partial charge in [-0.1, -0.05) is 43.3 Å². The molecule has 0 aliphatic rings. The molecule has 0 bridgehead atoms. The van der Waals surface area contributed by atoms with Gasteiger partial charge in [0.05, 0.1) is 14.2 Å². The van der Waals surface area contributed by atoms with Crippen LogP contribution in [-0.4, -0.2) is 43.5 Å². The lowest BCUT2D eigenvalue weighted by molar-refractivity contribution is -0.140. The van der Waals surface area contributed by atoms with Crippen molar-refractivity contribution in [1.29, 1.82) is 0 Å². The molecule has 1 atom stereocenters. The highest BCUT2D eigenvalue weighted by Crippen LogP contribution is 2.27. The topological polar surface area (TPSA) is 67.9 Å². The Morgan fingerprint density at radius 1 is 1.00 bits per heavy atom. The Bertz CT molecular complexity index is 808. The van der Waals surface area contributed by atoms with Gasteiger partial charge in [-0.25, -0.2) is 0 Å². The number of carbonyl (C=O) groups excluding carboxylic acids is 2. The minimum Gasteiger partial charge on any atom is -0.493 e. The van der Waals surface area contributed by atoms with Crippen LogP contribution >= 0.6 is 0 Å². The largest absolute Gasteiger partial charge is 0.493 e. The maximum absolute atomic E-state index is 12.7. The Labute approximate surface area is 172 Å². The number of rotatable bonds is 10. The van der Waals surface area contributed by atoms with Crippen LogP contribution in [0.4, 0.5) is 0 Å². The second-order valence-electron chi connectivity index (χ2n) is 6.77. The minimum absolute atomic E-state index is 0.0450. The van der Waals surface area contributed by atoms with Crippen molar-refractivity contribution in [2.45, 2.75) is 39.3 Å². The number of carbonyl (C=O) groups is 2. The average molecular weight is 399 g/mol. The summed E-state index contributed by atoms with van der Waals surface area (Å²) in [6, 6.07) is 14.8. The molecule has 0 fully saturated rings. The van der Waals surface area contributed by atoms with Crippen LogP contribution in [0.5, 0.6) is 11.5 Å². The van der Waals surface area contributed by atoms with Crippen molar-refractivity contribution in [2.75, 3.05) is 20.8 Å². The predicted octanol–water partition coefficient (Wildman–Crippen LogP) is 3.19. The van der Waals surface area contributed by atoms with E-state index in [1.807, 2.05) is 55.5 Å². The molecule has 0 aliphatic heterocycles. The fourth-order valence-electron chi connectivity index (χ4n) is 3.08. The molecule has 29 heavy (non-hydrogen) atoms. The molecule has 0 saturated carbocycles. The van der Waals surface area contributed by atoms with Crippen molar-refractivity contribution in [1.82, 2.24) is 10.2 Å². The summed E-state index contributed by atoms with van der Waals surface area (Å²) in [4.78, 5) is 26.7. The summed E-state index contributed by atoms with van der Waals surface area (Å²) in [6.45, 7) is 4.46. The van der Waals surface area contributed by atoms with Gasteiger partial charge in [0.15, 0.2) is 11.5 Å². The standard InChI is InChI=1S/C23H30N2O4/c1-5-22(26)25(16-19-9-7-6-8-10-19)17(2)23(27)24-14-13-18-11-12-20(28-3)21(15-18)29-4/h6-12,15,17H,5,13-14,16H2,1-4H3,(H,24,27)/t17-/m0/s1. The first-order chi connectivity index (χ1) is 14.0. The zero-order chi connectivity index (χ0) is 21.2. The van der Waals surface area contributed by atoms with Gasteiger partial charge in [-0.15, -0.1) is 0 Å². The van der Waals surface area contributed by atoms with Gasteiger partial charge in [0.2, 0.25) is 11.8 Å². The van der Waals surface area contributed by atoms with Crippen LogP contribution in [0, 0.1) is 0 Å². The molecule has 0 heterocycles. The SMILES string of the molecule is CCC(=O)N(Cc1ccccc1)[C@@H](C)C(=O)NCCc1ccc(OC)c(OC)c1. The van der Waals surface area contributed by atoms with E-state index in [0.29, 0.717) is 37.4 Å². The number of methoxy groups -OCH3 is 2. The maximum Gasteiger partial charge on any atom is 0.242 e. The van der Waals surface area contributed by atoms with E-state index in [-0.39, 0.29) is 11.8 Å². The van der Waals surface area contributed by atoms with Gasteiger partial charge in [-0.2, -0.15) is 0 Å². The Balaban J connectivity index is 1.96. The lowest BCUT2D eigenvalue weighted by Gasteiger charge is -2.28. The van der Waals surface area contributed by atoms with E-state index in [2.05, 4.69) is 5.32 Å². The molecule has 0 unspecified atom stereocenters. The third kappa shape index (κ3) is 6.24. The van der Waals surface area contributed by atoms with E-state index in [9.17, 15) is 9.59 Å². The normalized spacial score (nSPS) is 11.4. The highest BCUT2D eigenvalue weighted by Gasteiger charge is 2.24. The highest BCUT2D eigenvalue weighted by molar-refractivity contribution is 5.87. The fraction of sp³-hybridized carbons (Fsp3) is 0.391. The van der Waals surface area contributed by atoms with Crippen LogP contribution in [0.3, 0.4) is 0 Å². The van der Waals surface area contributed by atoms with Crippen LogP contribution in [0.2, 0.25) is 0 Å². The second-order valence-corrected chi connectivity index (χ2v) is 6.77. The van der Waals surface area contributed by atoms with Crippen LogP contribution in [0.1, 0.15) is 31.4 Å². The van der Waals surface area contributed by atoms with Crippen molar-refractivity contribution in [3.05, 3.63) is 59.7 Å². The molecule has 2 amide bonds. The summed E-state index contributed by atoms with van der Waals surface area (Å²) in [7, 11) is 3.19. The summed E-state index contributed by atoms with van der Waals surface area (Å²) < 4.78 is 10.6. The highest BCUT2D eigenvalue weighted by atomic mass is 16.5. The molecular weight excluding hydrogens is 368 g/mol. The number of amides is 2. The molecule has 0 aromatic heterocycles. The third-order valence-corrected chi connectivity index (χ3v) is 4.83. The molecular formula is C23H30N2O4. The Morgan fingerprint density at radius 3 is 2.31 bits per heavy atom. The van der Waals surface area contributed by atoms with E-state index in [4.69, 9.17) is 9.47 Å². The summed E-state index contributed by atoms with van der Waals surface area (Å²) >= 11 is 0. The third-order valence-electron chi connectivity index (χ3n) is 4.83. The molecule has 0 saturated heterocycles. The van der Waals surface area contributed by atoms with Crippen LogP contribution in [-0.2, 0) is 22.6 Å². The first-order valence-electron chi connectivity index (χ1n) is 9.82. The molecule has 1 N–H and O–H groups in total. The number of nitrogens with one attached hydrogen (secondary N) is 1. The van der Waals surface area contributed by atoms with Gasteiger partial charge in [0.25, 0.3) is 0 Å². The van der Waals surface area contributed by atoms with E-state index >= 15 is 0 Å². The van der Waals surface area contributed by atoms with Crippen LogP contribution in [0.15, 0.2) is 48.5 Å². The van der Waals surface area contributed by atoms with Gasteiger partial charge in [0, 0.05) is 19.5 Å². The fourth-order valence-corrected chi connectivity index (χ4v) is 3.08. The first-order valence-corrected chi connectivity index (χ1v) is 9.82. The molecule has 2 aromatic rings. The average Bonchev–Trinajstić information content (AvgIpc) is 2.76. The molecule has 2 aromatic carbocycles. The summed E-state index contributed by atoms with van der Waals surface area (Å²) in [5, 5.41) is 2.94. The minimum atomic E-state index is -0.548. The Hall–Kier alpha value is -3.02. The molecule has 0 aliphatic carbocycles. The van der Waals surface area contributed by atoms with Crippen LogP contribution < -0.4 is 14.8 Å². The maximum atomic E-state index is 12.7. The van der Waals surface area contributed by atoms with Gasteiger partial charge < -0.3 is 19.7 Å². The smallest absolute Gasteiger partial charge is 0.242 e. The number of hydrogen-bond acceptors (Lipinski definition) is 4. The zero-order valence-corrected chi connectivity index (χ0v) is 17.6. The van der Waals surface area contributed by atoms with Gasteiger partial charge in [-0.3, -0.25) is 9.59 Å². The Kier molecular flexibility index (Phi) is 8.52. The lowest BCUT2D eigenvalue weighted by Crippen LogP contribution is -2.47. The molecule has 0 spiro atoms. The predicted molar refractivity (Wildman–Crippen MR) is 113 cm³/mol. The van der Waals surface area contributed by atoms with Crippen LogP contribution in [0.25, 0.3) is 0 Å². The molecule has 6 heteroatoms. The number of ether oxygens (including phenoxy) is 2. The Morgan fingerprint density at radius 2 is 1.69 bits per heavy atom. The van der Waals surface area contributed by atoms with E-state index in [0.717, 1.165) is 11.1 Å². The summed E-state index contributed by atoms with van der Waals surface area (Å²) in [5.74, 6) is 1.12. The van der Waals surface area contributed by atoms with Gasteiger partial charge >= 0.3 is 0 Å². The number of nitrogens with zero attached hydrogens (tertiary/aromatic N) is 1.